The largest absolute Gasteiger partial charge is 0.317 e. The molecule has 0 spiro atoms. The molecule has 0 aliphatic carbocycles. The summed E-state index contributed by atoms with van der Waals surface area (Å²) in [4.78, 5) is 10.3. The van der Waals surface area contributed by atoms with E-state index < -0.39 is 0 Å². The van der Waals surface area contributed by atoms with Crippen LogP contribution in [0.3, 0.4) is 0 Å². The Kier molecular flexibility index (Phi) is 4.66. The number of hydrogen-bond donors (Lipinski definition) is 2. The molecule has 0 aromatic heterocycles. The predicted octanol–water partition coefficient (Wildman–Crippen LogP) is 1.68. The van der Waals surface area contributed by atoms with Crippen LogP contribution in [0.5, 0.6) is 0 Å². The molecule has 0 atom stereocenters. The Bertz CT molecular complexity index is 403. The molecule has 0 amide bonds. The van der Waals surface area contributed by atoms with Crippen LogP contribution < -0.4 is 10.6 Å². The van der Waals surface area contributed by atoms with Crippen LogP contribution in [0, 0.1) is 16.0 Å². The minimum atomic E-state index is -0.351. The summed E-state index contributed by atoms with van der Waals surface area (Å²) in [6.45, 7) is 3.89. The van der Waals surface area contributed by atoms with Crippen molar-refractivity contribution in [3.63, 3.8) is 0 Å². The Hall–Kier alpha value is -1.46. The number of nitro groups is 1. The van der Waals surface area contributed by atoms with E-state index in [-0.39, 0.29) is 10.6 Å². The molecule has 1 aliphatic heterocycles. The van der Waals surface area contributed by atoms with Gasteiger partial charge in [-0.25, -0.2) is 0 Å². The highest BCUT2D eigenvalue weighted by Gasteiger charge is 2.12. The third kappa shape index (κ3) is 3.78. The number of nitrogens with one attached hydrogen (secondary N) is 2. The van der Waals surface area contributed by atoms with Crippen molar-refractivity contribution < 1.29 is 4.92 Å². The molecule has 1 saturated heterocycles. The molecule has 0 saturated carbocycles. The fourth-order valence-corrected chi connectivity index (χ4v) is 2.29. The van der Waals surface area contributed by atoms with E-state index >= 15 is 0 Å². The first-order chi connectivity index (χ1) is 8.75. The van der Waals surface area contributed by atoms with Gasteiger partial charge in [0.1, 0.15) is 0 Å². The quantitative estimate of drug-likeness (QED) is 0.615. The highest BCUT2D eigenvalue weighted by molar-refractivity contribution is 5.34. The molecule has 5 nitrogen and oxygen atoms in total. The second-order valence-electron chi connectivity index (χ2n) is 4.75. The normalized spacial score (nSPS) is 16.7. The lowest BCUT2D eigenvalue weighted by atomic mass is 9.98. The van der Waals surface area contributed by atoms with Crippen molar-refractivity contribution in [1.82, 2.24) is 10.6 Å². The summed E-state index contributed by atoms with van der Waals surface area (Å²) in [7, 11) is 0. The minimum Gasteiger partial charge on any atom is -0.317 e. The van der Waals surface area contributed by atoms with Gasteiger partial charge in [-0.05, 0) is 44.0 Å². The number of non-ortho nitro benzene ring substituents is 1. The standard InChI is InChI=1S/C13H19N3O2/c17-16(18)13-3-1-2-12(8-13)10-15-9-11-4-6-14-7-5-11/h1-3,8,11,14-15H,4-7,9-10H2. The molecule has 2 rings (SSSR count). The number of hydrogen-bond acceptors (Lipinski definition) is 4. The molecule has 0 bridgehead atoms. The van der Waals surface area contributed by atoms with Crippen LogP contribution in [-0.2, 0) is 6.54 Å². The summed E-state index contributed by atoms with van der Waals surface area (Å²) in [6.07, 6.45) is 2.42. The molecule has 1 fully saturated rings. The number of nitrogens with zero attached hydrogens (tertiary/aromatic N) is 1. The van der Waals surface area contributed by atoms with Gasteiger partial charge in [-0.3, -0.25) is 10.1 Å². The summed E-state index contributed by atoms with van der Waals surface area (Å²) in [5, 5.41) is 17.4. The van der Waals surface area contributed by atoms with Crippen molar-refractivity contribution in [2.45, 2.75) is 19.4 Å². The first kappa shape index (κ1) is 13.0. The van der Waals surface area contributed by atoms with Crippen molar-refractivity contribution in [2.75, 3.05) is 19.6 Å². The van der Waals surface area contributed by atoms with E-state index in [1.54, 1.807) is 12.1 Å². The Morgan fingerprint density at radius 1 is 1.39 bits per heavy atom. The van der Waals surface area contributed by atoms with Crippen LogP contribution in [0.2, 0.25) is 0 Å². The van der Waals surface area contributed by atoms with Crippen LogP contribution in [-0.4, -0.2) is 24.6 Å². The minimum absolute atomic E-state index is 0.163. The van der Waals surface area contributed by atoms with Crippen molar-refractivity contribution in [3.05, 3.63) is 39.9 Å². The number of benzene rings is 1. The maximum absolute atomic E-state index is 10.7. The van der Waals surface area contributed by atoms with E-state index in [1.807, 2.05) is 6.07 Å². The average Bonchev–Trinajstić information content (AvgIpc) is 2.40. The van der Waals surface area contributed by atoms with Gasteiger partial charge in [-0.15, -0.1) is 0 Å². The third-order valence-electron chi connectivity index (χ3n) is 3.34. The lowest BCUT2D eigenvalue weighted by Crippen LogP contribution is -2.33. The van der Waals surface area contributed by atoms with Gasteiger partial charge < -0.3 is 10.6 Å². The summed E-state index contributed by atoms with van der Waals surface area (Å²) in [5.41, 5.74) is 1.13. The van der Waals surface area contributed by atoms with Gasteiger partial charge in [0.2, 0.25) is 0 Å². The van der Waals surface area contributed by atoms with Crippen molar-refractivity contribution >= 4 is 5.69 Å². The van der Waals surface area contributed by atoms with E-state index in [2.05, 4.69) is 10.6 Å². The Morgan fingerprint density at radius 3 is 2.89 bits per heavy atom. The van der Waals surface area contributed by atoms with Gasteiger partial charge in [0, 0.05) is 18.7 Å². The van der Waals surface area contributed by atoms with E-state index in [0.717, 1.165) is 31.1 Å². The average molecular weight is 249 g/mol. The van der Waals surface area contributed by atoms with Gasteiger partial charge >= 0.3 is 0 Å². The molecule has 1 aromatic rings. The SMILES string of the molecule is O=[N+]([O-])c1cccc(CNCC2CCNCC2)c1. The lowest BCUT2D eigenvalue weighted by molar-refractivity contribution is -0.384. The molecule has 1 aliphatic rings. The smallest absolute Gasteiger partial charge is 0.269 e. The Labute approximate surface area is 107 Å². The second kappa shape index (κ2) is 6.47. The summed E-state index contributed by atoms with van der Waals surface area (Å²) < 4.78 is 0. The van der Waals surface area contributed by atoms with Gasteiger partial charge in [0.15, 0.2) is 0 Å². The van der Waals surface area contributed by atoms with E-state index in [9.17, 15) is 10.1 Å². The molecular formula is C13H19N3O2. The third-order valence-corrected chi connectivity index (χ3v) is 3.34. The zero-order valence-electron chi connectivity index (χ0n) is 10.4. The molecule has 18 heavy (non-hydrogen) atoms. The van der Waals surface area contributed by atoms with Gasteiger partial charge in [0.25, 0.3) is 5.69 Å². The lowest BCUT2D eigenvalue weighted by Gasteiger charge is -2.22. The van der Waals surface area contributed by atoms with Gasteiger partial charge in [-0.1, -0.05) is 12.1 Å². The van der Waals surface area contributed by atoms with Crippen LogP contribution in [0.4, 0.5) is 5.69 Å². The van der Waals surface area contributed by atoms with Crippen LogP contribution >= 0.6 is 0 Å². The van der Waals surface area contributed by atoms with E-state index in [4.69, 9.17) is 0 Å². The van der Waals surface area contributed by atoms with Crippen molar-refractivity contribution in [2.24, 2.45) is 5.92 Å². The van der Waals surface area contributed by atoms with Crippen LogP contribution in [0.25, 0.3) is 0 Å². The van der Waals surface area contributed by atoms with Crippen LogP contribution in [0.1, 0.15) is 18.4 Å². The Balaban J connectivity index is 1.78. The maximum Gasteiger partial charge on any atom is 0.269 e. The first-order valence-electron chi connectivity index (χ1n) is 6.40. The fourth-order valence-electron chi connectivity index (χ4n) is 2.29. The number of nitro benzene ring substituents is 1. The van der Waals surface area contributed by atoms with Crippen molar-refractivity contribution in [3.8, 4) is 0 Å². The van der Waals surface area contributed by atoms with E-state index in [0.29, 0.717) is 6.54 Å². The van der Waals surface area contributed by atoms with Gasteiger partial charge in [-0.2, -0.15) is 0 Å². The molecule has 0 radical (unpaired) electrons. The number of rotatable bonds is 5. The van der Waals surface area contributed by atoms with E-state index in [1.165, 1.54) is 18.9 Å². The zero-order valence-corrected chi connectivity index (χ0v) is 10.4. The molecule has 98 valence electrons. The summed E-state index contributed by atoms with van der Waals surface area (Å²) in [6, 6.07) is 6.81. The van der Waals surface area contributed by atoms with Crippen LogP contribution in [0.15, 0.2) is 24.3 Å². The Morgan fingerprint density at radius 2 is 2.17 bits per heavy atom. The summed E-state index contributed by atoms with van der Waals surface area (Å²) >= 11 is 0. The zero-order chi connectivity index (χ0) is 12.8. The van der Waals surface area contributed by atoms with Crippen molar-refractivity contribution in [1.29, 1.82) is 0 Å². The monoisotopic (exact) mass is 249 g/mol. The molecule has 0 unspecified atom stereocenters. The first-order valence-corrected chi connectivity index (χ1v) is 6.40. The highest BCUT2D eigenvalue weighted by atomic mass is 16.6. The predicted molar refractivity (Wildman–Crippen MR) is 70.4 cm³/mol. The molecule has 2 N–H and O–H groups in total. The molecule has 1 heterocycles. The molecular weight excluding hydrogens is 230 g/mol. The molecule has 1 aromatic carbocycles. The number of piperidine rings is 1. The fraction of sp³-hybridized carbons (Fsp3) is 0.538. The topological polar surface area (TPSA) is 67.2 Å². The van der Waals surface area contributed by atoms with Gasteiger partial charge in [0.05, 0.1) is 4.92 Å². The maximum atomic E-state index is 10.7. The highest BCUT2D eigenvalue weighted by Crippen LogP contribution is 2.14. The summed E-state index contributed by atoms with van der Waals surface area (Å²) in [5.74, 6) is 0.727. The second-order valence-corrected chi connectivity index (χ2v) is 4.75. The molecule has 5 heteroatoms.